The number of aromatic nitrogens is 1. The number of carbonyl (C=O) groups excluding carboxylic acids is 1. The summed E-state index contributed by atoms with van der Waals surface area (Å²) in [5.74, 6) is 0.786. The minimum Gasteiger partial charge on any atom is -0.353 e. The highest BCUT2D eigenvalue weighted by molar-refractivity contribution is 7.13. The van der Waals surface area contributed by atoms with E-state index in [-0.39, 0.29) is 12.3 Å². The molecular weight excluding hydrogens is 422 g/mol. The lowest BCUT2D eigenvalue weighted by Gasteiger charge is -2.35. The second-order valence-corrected chi connectivity index (χ2v) is 8.83. The maximum atomic E-state index is 11.9. The molecule has 0 spiro atoms. The molecular formula is C21H20ClN5O2S. The Morgan fingerprint density at radius 1 is 1.13 bits per heavy atom. The summed E-state index contributed by atoms with van der Waals surface area (Å²) in [7, 11) is 0. The van der Waals surface area contributed by atoms with Gasteiger partial charge in [0.25, 0.3) is 5.91 Å². The predicted molar refractivity (Wildman–Crippen MR) is 120 cm³/mol. The molecule has 0 aliphatic carbocycles. The first-order valence-electron chi connectivity index (χ1n) is 9.93. The molecule has 30 heavy (non-hydrogen) atoms. The van der Waals surface area contributed by atoms with Crippen molar-refractivity contribution < 1.29 is 4.79 Å². The van der Waals surface area contributed by atoms with E-state index in [1.54, 1.807) is 17.6 Å². The number of halogens is 1. The fourth-order valence-electron chi connectivity index (χ4n) is 4.21. The first-order chi connectivity index (χ1) is 14.6. The zero-order valence-electron chi connectivity index (χ0n) is 16.3. The average molecular weight is 442 g/mol. The molecule has 2 aliphatic heterocycles. The van der Waals surface area contributed by atoms with Gasteiger partial charge in [0.2, 0.25) is 0 Å². The summed E-state index contributed by atoms with van der Waals surface area (Å²) in [6.07, 6.45) is 1.000. The highest BCUT2D eigenvalue weighted by Gasteiger charge is 2.29. The molecule has 2 aliphatic rings. The third-order valence-corrected chi connectivity index (χ3v) is 7.03. The van der Waals surface area contributed by atoms with Crippen LogP contribution in [0.1, 0.15) is 11.1 Å². The molecule has 9 heteroatoms. The van der Waals surface area contributed by atoms with Gasteiger partial charge in [0.1, 0.15) is 5.82 Å². The van der Waals surface area contributed by atoms with Crippen LogP contribution in [0.2, 0.25) is 5.02 Å². The maximum Gasteiger partial charge on any atom is 0.254 e. The van der Waals surface area contributed by atoms with E-state index in [1.807, 2.05) is 6.07 Å². The van der Waals surface area contributed by atoms with Crippen LogP contribution in [0.4, 0.5) is 11.5 Å². The minimum absolute atomic E-state index is 0.200. The van der Waals surface area contributed by atoms with Crippen molar-refractivity contribution >= 4 is 50.6 Å². The summed E-state index contributed by atoms with van der Waals surface area (Å²) in [5.41, 5.74) is 2.33. The number of piperazine rings is 1. The molecule has 0 unspecified atom stereocenters. The minimum atomic E-state index is -0.307. The van der Waals surface area contributed by atoms with Crippen LogP contribution in [0.15, 0.2) is 41.7 Å². The van der Waals surface area contributed by atoms with E-state index in [4.69, 9.17) is 11.6 Å². The first-order valence-corrected chi connectivity index (χ1v) is 11.1. The Kier molecular flexibility index (Phi) is 5.14. The van der Waals surface area contributed by atoms with Gasteiger partial charge in [0, 0.05) is 43.1 Å². The molecule has 1 amide bonds. The van der Waals surface area contributed by atoms with Crippen molar-refractivity contribution in [3.63, 3.8) is 0 Å². The SMILES string of the molecule is O=NN1C(=O)Cc2cc(CCN3CCN(c4nsc5ccccc45)CC3)c(Cl)cc21. The summed E-state index contributed by atoms with van der Waals surface area (Å²) in [5, 5.41) is 5.50. The molecule has 154 valence electrons. The largest absolute Gasteiger partial charge is 0.353 e. The molecule has 0 bridgehead atoms. The predicted octanol–water partition coefficient (Wildman–Crippen LogP) is 3.88. The van der Waals surface area contributed by atoms with Gasteiger partial charge in [-0.25, -0.2) is 0 Å². The van der Waals surface area contributed by atoms with Gasteiger partial charge in [-0.3, -0.25) is 9.69 Å². The van der Waals surface area contributed by atoms with Crippen LogP contribution < -0.4 is 9.91 Å². The van der Waals surface area contributed by atoms with Gasteiger partial charge in [-0.15, -0.1) is 4.91 Å². The number of nitrogens with zero attached hydrogens (tertiary/aromatic N) is 5. The zero-order valence-corrected chi connectivity index (χ0v) is 17.8. The molecule has 7 nitrogen and oxygen atoms in total. The maximum absolute atomic E-state index is 11.9. The Balaban J connectivity index is 1.21. The van der Waals surface area contributed by atoms with Gasteiger partial charge < -0.3 is 4.90 Å². The molecule has 1 aromatic heterocycles. The van der Waals surface area contributed by atoms with Crippen LogP contribution in [-0.4, -0.2) is 47.9 Å². The Hall–Kier alpha value is -2.55. The van der Waals surface area contributed by atoms with Crippen molar-refractivity contribution in [3.05, 3.63) is 57.5 Å². The van der Waals surface area contributed by atoms with E-state index in [0.717, 1.165) is 61.1 Å². The van der Waals surface area contributed by atoms with E-state index in [1.165, 1.54) is 10.1 Å². The standard InChI is InChI=1S/C21H20ClN5O2S/c22-17-13-18-15(12-20(28)27(18)24-29)11-14(17)5-6-25-7-9-26(10-8-25)21-16-3-1-2-4-19(16)30-23-21/h1-4,11,13H,5-10,12H2. The fourth-order valence-corrected chi connectivity index (χ4v) is 5.26. The monoisotopic (exact) mass is 441 g/mol. The van der Waals surface area contributed by atoms with Crippen molar-refractivity contribution in [1.29, 1.82) is 0 Å². The van der Waals surface area contributed by atoms with E-state index in [2.05, 4.69) is 43.7 Å². The van der Waals surface area contributed by atoms with Crippen molar-refractivity contribution in [3.8, 4) is 0 Å². The summed E-state index contributed by atoms with van der Waals surface area (Å²) >= 11 is 7.98. The number of hydrogen-bond donors (Lipinski definition) is 0. The van der Waals surface area contributed by atoms with Gasteiger partial charge in [0.15, 0.2) is 0 Å². The quantitative estimate of drug-likeness (QED) is 0.562. The molecule has 1 fully saturated rings. The van der Waals surface area contributed by atoms with Crippen LogP contribution in [0.5, 0.6) is 0 Å². The number of carbonyl (C=O) groups is 1. The number of nitroso groups, excluding NO2 is 1. The Morgan fingerprint density at radius 2 is 1.93 bits per heavy atom. The van der Waals surface area contributed by atoms with Crippen LogP contribution in [-0.2, 0) is 17.6 Å². The van der Waals surface area contributed by atoms with Crippen LogP contribution in [0.3, 0.4) is 0 Å². The van der Waals surface area contributed by atoms with E-state index in [0.29, 0.717) is 10.7 Å². The molecule has 3 aromatic rings. The number of rotatable bonds is 5. The summed E-state index contributed by atoms with van der Waals surface area (Å²) in [6, 6.07) is 12.0. The van der Waals surface area contributed by atoms with Crippen LogP contribution >= 0.6 is 23.1 Å². The smallest absolute Gasteiger partial charge is 0.254 e. The second kappa shape index (κ2) is 7.94. The fraction of sp³-hybridized carbons (Fsp3) is 0.333. The lowest BCUT2D eigenvalue weighted by atomic mass is 10.1. The van der Waals surface area contributed by atoms with Gasteiger partial charge >= 0.3 is 0 Å². The van der Waals surface area contributed by atoms with Crippen molar-refractivity contribution in [2.24, 2.45) is 5.29 Å². The molecule has 2 aromatic carbocycles. The Labute approximate surface area is 182 Å². The average Bonchev–Trinajstić information content (AvgIpc) is 3.32. The highest BCUT2D eigenvalue weighted by Crippen LogP contribution is 2.34. The molecule has 0 radical (unpaired) electrons. The summed E-state index contributed by atoms with van der Waals surface area (Å²) < 4.78 is 5.90. The Bertz CT molecular complexity index is 1130. The van der Waals surface area contributed by atoms with Gasteiger partial charge in [-0.2, -0.15) is 9.38 Å². The molecule has 0 atom stereocenters. The van der Waals surface area contributed by atoms with Crippen molar-refractivity contribution in [1.82, 2.24) is 9.27 Å². The normalized spacial score (nSPS) is 17.0. The lowest BCUT2D eigenvalue weighted by Crippen LogP contribution is -2.47. The molecule has 3 heterocycles. The first kappa shape index (κ1) is 19.4. The Morgan fingerprint density at radius 3 is 2.73 bits per heavy atom. The zero-order chi connectivity index (χ0) is 20.7. The van der Waals surface area contributed by atoms with E-state index in [9.17, 15) is 9.70 Å². The summed E-state index contributed by atoms with van der Waals surface area (Å²) in [6.45, 7) is 4.72. The highest BCUT2D eigenvalue weighted by atomic mass is 35.5. The number of fused-ring (bicyclic) bond motifs is 2. The third-order valence-electron chi connectivity index (χ3n) is 5.86. The topological polar surface area (TPSA) is 69.1 Å². The van der Waals surface area contributed by atoms with E-state index >= 15 is 0 Å². The van der Waals surface area contributed by atoms with Crippen LogP contribution in [0.25, 0.3) is 10.1 Å². The van der Waals surface area contributed by atoms with Crippen molar-refractivity contribution in [2.45, 2.75) is 12.8 Å². The molecule has 0 N–H and O–H groups in total. The van der Waals surface area contributed by atoms with Gasteiger partial charge in [-0.05, 0) is 47.3 Å². The molecule has 5 rings (SSSR count). The third kappa shape index (κ3) is 3.45. The van der Waals surface area contributed by atoms with Gasteiger partial charge in [0.05, 0.1) is 22.1 Å². The van der Waals surface area contributed by atoms with E-state index < -0.39 is 0 Å². The van der Waals surface area contributed by atoms with Crippen LogP contribution in [0, 0.1) is 4.91 Å². The van der Waals surface area contributed by atoms with Gasteiger partial charge in [-0.1, -0.05) is 29.8 Å². The summed E-state index contributed by atoms with van der Waals surface area (Å²) in [4.78, 5) is 27.6. The lowest BCUT2D eigenvalue weighted by molar-refractivity contribution is -0.117. The molecule has 1 saturated heterocycles. The number of hydrogen-bond acceptors (Lipinski definition) is 7. The number of benzene rings is 2. The second-order valence-electron chi connectivity index (χ2n) is 7.62. The van der Waals surface area contributed by atoms with Crippen molar-refractivity contribution in [2.75, 3.05) is 42.6 Å². The number of amides is 1. The number of anilines is 2. The molecule has 0 saturated carbocycles.